The lowest BCUT2D eigenvalue weighted by Crippen LogP contribution is -2.43. The zero-order valence-electron chi connectivity index (χ0n) is 15.8. The Labute approximate surface area is 167 Å². The molecule has 1 atom stereocenters. The van der Waals surface area contributed by atoms with Crippen molar-refractivity contribution in [2.24, 2.45) is 5.73 Å². The number of carbonyl (C=O) groups excluding carboxylic acids is 4. The second-order valence-electron chi connectivity index (χ2n) is 7.27. The Morgan fingerprint density at radius 2 is 1.93 bits per heavy atom. The van der Waals surface area contributed by atoms with Gasteiger partial charge in [0.1, 0.15) is 12.1 Å². The van der Waals surface area contributed by atoms with Crippen molar-refractivity contribution in [3.8, 4) is 0 Å². The highest BCUT2D eigenvalue weighted by atomic mass is 16.2. The van der Waals surface area contributed by atoms with E-state index in [0.29, 0.717) is 29.7 Å². The summed E-state index contributed by atoms with van der Waals surface area (Å²) in [5.74, 6) is -1.57. The summed E-state index contributed by atoms with van der Waals surface area (Å²) in [5, 5.41) is 5.44. The molecule has 1 aliphatic carbocycles. The second-order valence-corrected chi connectivity index (χ2v) is 7.27. The zero-order chi connectivity index (χ0) is 20.8. The number of carbonyl (C=O) groups is 4. The van der Waals surface area contributed by atoms with Crippen molar-refractivity contribution in [1.82, 2.24) is 10.2 Å². The van der Waals surface area contributed by atoms with Gasteiger partial charge in [0.2, 0.25) is 11.8 Å². The number of benzene rings is 2. The fourth-order valence-corrected chi connectivity index (χ4v) is 4.10. The van der Waals surface area contributed by atoms with Gasteiger partial charge in [-0.25, -0.2) is 4.79 Å². The molecule has 8 nitrogen and oxygen atoms in total. The number of aryl methyl sites for hydroxylation is 1. The molecule has 8 heteroatoms. The molecule has 0 radical (unpaired) electrons. The van der Waals surface area contributed by atoms with Crippen LogP contribution in [-0.4, -0.2) is 35.2 Å². The first-order chi connectivity index (χ1) is 13.8. The minimum absolute atomic E-state index is 0.291. The van der Waals surface area contributed by atoms with Crippen LogP contribution in [0.25, 0.3) is 0 Å². The molecule has 1 saturated heterocycles. The van der Waals surface area contributed by atoms with Gasteiger partial charge in [0, 0.05) is 11.3 Å². The van der Waals surface area contributed by atoms with Gasteiger partial charge in [-0.15, -0.1) is 0 Å². The summed E-state index contributed by atoms with van der Waals surface area (Å²) >= 11 is 0. The second kappa shape index (κ2) is 6.73. The number of rotatable bonds is 4. The SMILES string of the molecule is Cc1c(NC(=O)CN2C(=O)NC3(CCc4ccccc43)C2=O)cccc1C(N)=O. The highest BCUT2D eigenvalue weighted by molar-refractivity contribution is 6.11. The lowest BCUT2D eigenvalue weighted by atomic mass is 9.92. The van der Waals surface area contributed by atoms with E-state index in [9.17, 15) is 19.2 Å². The van der Waals surface area contributed by atoms with Crippen LogP contribution in [0.1, 0.15) is 33.5 Å². The number of nitrogens with zero attached hydrogens (tertiary/aromatic N) is 1. The monoisotopic (exact) mass is 392 g/mol. The number of anilines is 1. The molecule has 0 aromatic heterocycles. The van der Waals surface area contributed by atoms with Crippen LogP contribution in [0.5, 0.6) is 0 Å². The molecule has 2 aliphatic rings. The molecule has 1 aliphatic heterocycles. The van der Waals surface area contributed by atoms with E-state index in [4.69, 9.17) is 5.73 Å². The lowest BCUT2D eigenvalue weighted by molar-refractivity contribution is -0.134. The van der Waals surface area contributed by atoms with Gasteiger partial charge in [0.25, 0.3) is 5.91 Å². The standard InChI is InChI=1S/C21H20N4O4/c1-12-14(18(22)27)6-4-8-16(12)23-17(26)11-25-19(28)21(24-20(25)29)10-9-13-5-2-3-7-15(13)21/h2-8H,9-11H2,1H3,(H2,22,27)(H,23,26)(H,24,29). The van der Waals surface area contributed by atoms with Crippen molar-refractivity contribution in [2.75, 3.05) is 11.9 Å². The molecular formula is C21H20N4O4. The molecule has 4 N–H and O–H groups in total. The van der Waals surface area contributed by atoms with Crippen LogP contribution in [0.2, 0.25) is 0 Å². The number of primary amides is 1. The topological polar surface area (TPSA) is 122 Å². The zero-order valence-corrected chi connectivity index (χ0v) is 15.8. The van der Waals surface area contributed by atoms with Crippen molar-refractivity contribution < 1.29 is 19.2 Å². The molecule has 2 aromatic carbocycles. The molecule has 0 saturated carbocycles. The van der Waals surface area contributed by atoms with Crippen molar-refractivity contribution >= 4 is 29.4 Å². The summed E-state index contributed by atoms with van der Waals surface area (Å²) in [5.41, 5.74) is 7.25. The smallest absolute Gasteiger partial charge is 0.325 e. The maximum Gasteiger partial charge on any atom is 0.325 e. The molecule has 29 heavy (non-hydrogen) atoms. The molecule has 4 rings (SSSR count). The minimum atomic E-state index is -1.10. The number of hydrogen-bond donors (Lipinski definition) is 3. The Morgan fingerprint density at radius 1 is 1.17 bits per heavy atom. The molecule has 2 aromatic rings. The Balaban J connectivity index is 1.53. The fraction of sp³-hybridized carbons (Fsp3) is 0.238. The third-order valence-electron chi connectivity index (χ3n) is 5.60. The summed E-state index contributed by atoms with van der Waals surface area (Å²) in [6, 6.07) is 11.7. The van der Waals surface area contributed by atoms with Crippen LogP contribution in [0.3, 0.4) is 0 Å². The highest BCUT2D eigenvalue weighted by Gasteiger charge is 2.55. The van der Waals surface area contributed by atoms with Gasteiger partial charge < -0.3 is 16.4 Å². The number of hydrogen-bond acceptors (Lipinski definition) is 4. The number of amides is 5. The third-order valence-corrected chi connectivity index (χ3v) is 5.60. The van der Waals surface area contributed by atoms with E-state index in [0.717, 1.165) is 16.0 Å². The van der Waals surface area contributed by atoms with E-state index >= 15 is 0 Å². The molecule has 1 spiro atoms. The Morgan fingerprint density at radius 3 is 2.69 bits per heavy atom. The molecule has 148 valence electrons. The molecule has 5 amide bonds. The number of urea groups is 1. The molecule has 1 unspecified atom stereocenters. The van der Waals surface area contributed by atoms with Gasteiger partial charge in [0.15, 0.2) is 0 Å². The fourth-order valence-electron chi connectivity index (χ4n) is 4.10. The number of imide groups is 1. The van der Waals surface area contributed by atoms with E-state index in [1.807, 2.05) is 24.3 Å². The van der Waals surface area contributed by atoms with Gasteiger partial charge in [-0.05, 0) is 48.6 Å². The summed E-state index contributed by atoms with van der Waals surface area (Å²) < 4.78 is 0. The number of fused-ring (bicyclic) bond motifs is 2. The lowest BCUT2D eigenvalue weighted by Gasteiger charge is -2.22. The molecule has 1 heterocycles. The number of nitrogens with two attached hydrogens (primary N) is 1. The highest BCUT2D eigenvalue weighted by Crippen LogP contribution is 2.41. The quantitative estimate of drug-likeness (QED) is 0.681. The van der Waals surface area contributed by atoms with Gasteiger partial charge in [-0.3, -0.25) is 19.3 Å². The van der Waals surface area contributed by atoms with Crippen LogP contribution < -0.4 is 16.4 Å². The van der Waals surface area contributed by atoms with E-state index < -0.39 is 35.8 Å². The average molecular weight is 392 g/mol. The third kappa shape index (κ3) is 2.93. The van der Waals surface area contributed by atoms with Crippen molar-refractivity contribution in [2.45, 2.75) is 25.3 Å². The average Bonchev–Trinajstić information content (AvgIpc) is 3.17. The molecule has 1 fully saturated rings. The maximum absolute atomic E-state index is 13.1. The minimum Gasteiger partial charge on any atom is -0.366 e. The van der Waals surface area contributed by atoms with Crippen LogP contribution in [0, 0.1) is 6.92 Å². The maximum atomic E-state index is 13.1. The van der Waals surface area contributed by atoms with E-state index in [-0.39, 0.29) is 0 Å². The van der Waals surface area contributed by atoms with Gasteiger partial charge >= 0.3 is 6.03 Å². The van der Waals surface area contributed by atoms with Gasteiger partial charge in [0.05, 0.1) is 0 Å². The molecule has 0 bridgehead atoms. The predicted octanol–water partition coefficient (Wildman–Crippen LogP) is 1.43. The predicted molar refractivity (Wildman–Crippen MR) is 105 cm³/mol. The Kier molecular flexibility index (Phi) is 4.34. The van der Waals surface area contributed by atoms with Gasteiger partial charge in [-0.1, -0.05) is 30.3 Å². The largest absolute Gasteiger partial charge is 0.366 e. The van der Waals surface area contributed by atoms with E-state index in [2.05, 4.69) is 10.6 Å². The summed E-state index contributed by atoms with van der Waals surface area (Å²) in [4.78, 5) is 50.6. The first kappa shape index (κ1) is 18.7. The Hall–Kier alpha value is -3.68. The summed E-state index contributed by atoms with van der Waals surface area (Å²) in [7, 11) is 0. The van der Waals surface area contributed by atoms with Gasteiger partial charge in [-0.2, -0.15) is 0 Å². The van der Waals surface area contributed by atoms with Crippen LogP contribution in [0.4, 0.5) is 10.5 Å². The Bertz CT molecular complexity index is 1060. The van der Waals surface area contributed by atoms with Crippen molar-refractivity contribution in [3.05, 3.63) is 64.7 Å². The normalized spacial score (nSPS) is 20.0. The van der Waals surface area contributed by atoms with E-state index in [1.54, 1.807) is 25.1 Å². The van der Waals surface area contributed by atoms with Crippen LogP contribution in [-0.2, 0) is 21.5 Å². The van der Waals surface area contributed by atoms with Crippen molar-refractivity contribution in [1.29, 1.82) is 0 Å². The number of nitrogens with one attached hydrogen (secondary N) is 2. The first-order valence-corrected chi connectivity index (χ1v) is 9.25. The first-order valence-electron chi connectivity index (χ1n) is 9.25. The van der Waals surface area contributed by atoms with Crippen LogP contribution >= 0.6 is 0 Å². The van der Waals surface area contributed by atoms with E-state index in [1.165, 1.54) is 0 Å². The van der Waals surface area contributed by atoms with Crippen molar-refractivity contribution in [3.63, 3.8) is 0 Å². The molecular weight excluding hydrogens is 372 g/mol. The van der Waals surface area contributed by atoms with Crippen LogP contribution in [0.15, 0.2) is 42.5 Å². The summed E-state index contributed by atoms with van der Waals surface area (Å²) in [6.07, 6.45) is 1.15. The summed E-state index contributed by atoms with van der Waals surface area (Å²) in [6.45, 7) is 1.24.